The molecule has 1 N–H and O–H groups in total. The molecule has 0 saturated heterocycles. The van der Waals surface area contributed by atoms with Crippen LogP contribution in [0, 0.1) is 5.82 Å². The van der Waals surface area contributed by atoms with Crippen molar-refractivity contribution in [1.82, 2.24) is 14.8 Å². The summed E-state index contributed by atoms with van der Waals surface area (Å²) in [6, 6.07) is 13.1. The van der Waals surface area contributed by atoms with Gasteiger partial charge < -0.3 is 15.1 Å². The zero-order valence-electron chi connectivity index (χ0n) is 19.7. The normalized spacial score (nSPS) is 12.9. The molecule has 0 aliphatic carbocycles. The SMILES string of the molecule is CC(C)N(CC(=O)Nc1nc(CC(=O)N2CCc3ccccc3C2)cs1)C(=O)c1ccc(F)cc1. The molecule has 0 radical (unpaired) electrons. The van der Waals surface area contributed by atoms with Crippen molar-refractivity contribution in [1.29, 1.82) is 0 Å². The molecule has 182 valence electrons. The van der Waals surface area contributed by atoms with Crippen LogP contribution < -0.4 is 5.32 Å². The summed E-state index contributed by atoms with van der Waals surface area (Å²) in [6.07, 6.45) is 0.999. The van der Waals surface area contributed by atoms with E-state index in [1.165, 1.54) is 51.6 Å². The van der Waals surface area contributed by atoms with Gasteiger partial charge in [0.15, 0.2) is 5.13 Å². The Kier molecular flexibility index (Phi) is 7.55. The average molecular weight is 495 g/mol. The molecule has 1 aliphatic heterocycles. The summed E-state index contributed by atoms with van der Waals surface area (Å²) < 4.78 is 13.2. The zero-order valence-corrected chi connectivity index (χ0v) is 20.5. The standard InChI is InChI=1S/C26H27FN4O3S/c1-17(2)31(25(34)19-7-9-21(27)10-8-19)15-23(32)29-26-28-22(16-35-26)13-24(33)30-12-11-18-5-3-4-6-20(18)14-30/h3-10,16-17H,11-15H2,1-2H3,(H,28,29,32). The van der Waals surface area contributed by atoms with Crippen molar-refractivity contribution < 1.29 is 18.8 Å². The smallest absolute Gasteiger partial charge is 0.254 e. The third-order valence-corrected chi connectivity index (χ3v) is 6.71. The molecule has 1 aliphatic rings. The maximum absolute atomic E-state index is 13.2. The number of anilines is 1. The largest absolute Gasteiger partial charge is 0.338 e. The Balaban J connectivity index is 1.33. The van der Waals surface area contributed by atoms with Crippen LogP contribution in [0.2, 0.25) is 0 Å². The van der Waals surface area contributed by atoms with Gasteiger partial charge in [0.2, 0.25) is 11.8 Å². The van der Waals surface area contributed by atoms with E-state index in [9.17, 15) is 18.8 Å². The summed E-state index contributed by atoms with van der Waals surface area (Å²) in [5.41, 5.74) is 3.35. The third kappa shape index (κ3) is 6.10. The van der Waals surface area contributed by atoms with Gasteiger partial charge in [0.1, 0.15) is 12.4 Å². The number of thiazole rings is 1. The predicted octanol–water partition coefficient (Wildman–Crippen LogP) is 3.90. The first-order chi connectivity index (χ1) is 16.8. The van der Waals surface area contributed by atoms with Gasteiger partial charge in [-0.3, -0.25) is 14.4 Å². The number of nitrogens with one attached hydrogen (secondary N) is 1. The van der Waals surface area contributed by atoms with Crippen molar-refractivity contribution >= 4 is 34.2 Å². The average Bonchev–Trinajstić information content (AvgIpc) is 3.28. The number of amides is 3. The molecule has 0 spiro atoms. The molecule has 1 aromatic heterocycles. The van der Waals surface area contributed by atoms with Gasteiger partial charge in [0, 0.05) is 30.1 Å². The van der Waals surface area contributed by atoms with E-state index in [2.05, 4.69) is 16.4 Å². The Labute approximate surface area is 207 Å². The summed E-state index contributed by atoms with van der Waals surface area (Å²) in [6.45, 7) is 4.71. The second-order valence-corrected chi connectivity index (χ2v) is 9.59. The van der Waals surface area contributed by atoms with Crippen molar-refractivity contribution in [2.24, 2.45) is 0 Å². The first-order valence-electron chi connectivity index (χ1n) is 11.5. The number of halogens is 1. The molecule has 2 aromatic carbocycles. The van der Waals surface area contributed by atoms with Crippen LogP contribution in [0.4, 0.5) is 9.52 Å². The van der Waals surface area contributed by atoms with Crippen LogP contribution in [0.5, 0.6) is 0 Å². The number of fused-ring (bicyclic) bond motifs is 1. The number of benzene rings is 2. The highest BCUT2D eigenvalue weighted by Gasteiger charge is 2.23. The first-order valence-corrected chi connectivity index (χ1v) is 12.3. The topological polar surface area (TPSA) is 82.6 Å². The molecule has 3 amide bonds. The Morgan fingerprint density at radius 3 is 2.54 bits per heavy atom. The van der Waals surface area contributed by atoms with Gasteiger partial charge >= 0.3 is 0 Å². The quantitative estimate of drug-likeness (QED) is 0.540. The molecule has 0 atom stereocenters. The van der Waals surface area contributed by atoms with Crippen LogP contribution in [-0.2, 0) is 29.0 Å². The van der Waals surface area contributed by atoms with E-state index < -0.39 is 11.7 Å². The molecule has 9 heteroatoms. The van der Waals surface area contributed by atoms with E-state index in [0.717, 1.165) is 6.42 Å². The number of carbonyl (C=O) groups is 3. The molecule has 4 rings (SSSR count). The molecule has 0 bridgehead atoms. The lowest BCUT2D eigenvalue weighted by Crippen LogP contribution is -2.42. The van der Waals surface area contributed by atoms with Crippen molar-refractivity contribution in [2.45, 2.75) is 39.3 Å². The molecule has 3 aromatic rings. The van der Waals surface area contributed by atoms with Crippen LogP contribution in [0.1, 0.15) is 41.0 Å². The molecule has 0 unspecified atom stereocenters. The lowest BCUT2D eigenvalue weighted by molar-refractivity contribution is -0.131. The summed E-state index contributed by atoms with van der Waals surface area (Å²) in [5.74, 6) is -1.19. The van der Waals surface area contributed by atoms with Gasteiger partial charge in [-0.25, -0.2) is 9.37 Å². The van der Waals surface area contributed by atoms with Gasteiger partial charge in [-0.15, -0.1) is 11.3 Å². The molecular formula is C26H27FN4O3S. The van der Waals surface area contributed by atoms with Crippen molar-refractivity contribution in [2.75, 3.05) is 18.4 Å². The van der Waals surface area contributed by atoms with Crippen LogP contribution in [0.3, 0.4) is 0 Å². The van der Waals surface area contributed by atoms with Gasteiger partial charge in [-0.1, -0.05) is 24.3 Å². The Morgan fingerprint density at radius 1 is 1.11 bits per heavy atom. The maximum atomic E-state index is 13.2. The monoisotopic (exact) mass is 494 g/mol. The van der Waals surface area contributed by atoms with E-state index in [1.54, 1.807) is 19.2 Å². The highest BCUT2D eigenvalue weighted by atomic mass is 32.1. The van der Waals surface area contributed by atoms with E-state index in [0.29, 0.717) is 29.5 Å². The minimum absolute atomic E-state index is 0.00134. The fourth-order valence-corrected chi connectivity index (χ4v) is 4.71. The van der Waals surface area contributed by atoms with Gasteiger partial charge in [-0.2, -0.15) is 0 Å². The molecule has 2 heterocycles. The molecule has 7 nitrogen and oxygen atoms in total. The van der Waals surface area contributed by atoms with Crippen LogP contribution in [0.25, 0.3) is 0 Å². The Morgan fingerprint density at radius 2 is 1.83 bits per heavy atom. The third-order valence-electron chi connectivity index (χ3n) is 5.90. The van der Waals surface area contributed by atoms with E-state index in [-0.39, 0.29) is 30.8 Å². The minimum Gasteiger partial charge on any atom is -0.338 e. The van der Waals surface area contributed by atoms with Crippen molar-refractivity contribution in [3.63, 3.8) is 0 Å². The first kappa shape index (κ1) is 24.5. The van der Waals surface area contributed by atoms with Crippen molar-refractivity contribution in [3.8, 4) is 0 Å². The highest BCUT2D eigenvalue weighted by Crippen LogP contribution is 2.21. The summed E-state index contributed by atoms with van der Waals surface area (Å²) in [7, 11) is 0. The van der Waals surface area contributed by atoms with Crippen LogP contribution >= 0.6 is 11.3 Å². The fourth-order valence-electron chi connectivity index (χ4n) is 3.98. The number of rotatable bonds is 7. The van der Waals surface area contributed by atoms with E-state index in [4.69, 9.17) is 0 Å². The second-order valence-electron chi connectivity index (χ2n) is 8.74. The highest BCUT2D eigenvalue weighted by molar-refractivity contribution is 7.13. The van der Waals surface area contributed by atoms with Crippen LogP contribution in [0.15, 0.2) is 53.9 Å². The molecule has 0 saturated carbocycles. The summed E-state index contributed by atoms with van der Waals surface area (Å²) >= 11 is 1.24. The molecule has 0 fully saturated rings. The zero-order chi connectivity index (χ0) is 24.9. The predicted molar refractivity (Wildman–Crippen MR) is 133 cm³/mol. The number of hydrogen-bond acceptors (Lipinski definition) is 5. The van der Waals surface area contributed by atoms with Crippen LogP contribution in [-0.4, -0.2) is 51.6 Å². The lowest BCUT2D eigenvalue weighted by atomic mass is 10.00. The number of aromatic nitrogens is 1. The molecular weight excluding hydrogens is 467 g/mol. The second kappa shape index (κ2) is 10.8. The minimum atomic E-state index is -0.432. The number of carbonyl (C=O) groups excluding carboxylic acids is 3. The summed E-state index contributed by atoms with van der Waals surface area (Å²) in [4.78, 5) is 45.9. The number of hydrogen-bond donors (Lipinski definition) is 1. The van der Waals surface area contributed by atoms with E-state index in [1.807, 2.05) is 23.1 Å². The summed E-state index contributed by atoms with van der Waals surface area (Å²) in [5, 5.41) is 4.85. The Bertz CT molecular complexity index is 1230. The van der Waals surface area contributed by atoms with Gasteiger partial charge in [-0.05, 0) is 55.7 Å². The fraction of sp³-hybridized carbons (Fsp3) is 0.308. The van der Waals surface area contributed by atoms with Crippen molar-refractivity contribution in [3.05, 3.63) is 82.1 Å². The molecule has 35 heavy (non-hydrogen) atoms. The maximum Gasteiger partial charge on any atom is 0.254 e. The lowest BCUT2D eigenvalue weighted by Gasteiger charge is -2.28. The van der Waals surface area contributed by atoms with E-state index >= 15 is 0 Å². The Hall–Kier alpha value is -3.59. The van der Waals surface area contributed by atoms with Gasteiger partial charge in [0.25, 0.3) is 5.91 Å². The van der Waals surface area contributed by atoms with Gasteiger partial charge in [0.05, 0.1) is 12.1 Å². The number of nitrogens with zero attached hydrogens (tertiary/aromatic N) is 3.